The number of benzene rings is 2. The Morgan fingerprint density at radius 3 is 2.48 bits per heavy atom. The van der Waals surface area contributed by atoms with Gasteiger partial charge in [-0.15, -0.1) is 0 Å². The maximum atomic E-state index is 12.4. The summed E-state index contributed by atoms with van der Waals surface area (Å²) in [6, 6.07) is 14.1. The monoisotopic (exact) mass is 312 g/mol. The third-order valence-electron chi connectivity index (χ3n) is 3.53. The Morgan fingerprint density at radius 2 is 1.70 bits per heavy atom. The van der Waals surface area contributed by atoms with Gasteiger partial charge in [0.25, 0.3) is 5.56 Å². The van der Waals surface area contributed by atoms with E-state index < -0.39 is 5.69 Å². The maximum absolute atomic E-state index is 12.4. The summed E-state index contributed by atoms with van der Waals surface area (Å²) >= 11 is 0. The van der Waals surface area contributed by atoms with Crippen LogP contribution in [-0.2, 0) is 6.54 Å². The standard InChI is InChI=1S/C17H16N2O4/c1-22-14-8-4-5-9-15(14)23-11-10-19-16(20)12-6-2-3-7-13(12)18-17(19)21/h2-9H,10-11H2,1H3,(H,18,21). The summed E-state index contributed by atoms with van der Waals surface area (Å²) in [5.41, 5.74) is -0.241. The Hall–Kier alpha value is -3.02. The van der Waals surface area contributed by atoms with Crippen LogP contribution in [0.2, 0.25) is 0 Å². The van der Waals surface area contributed by atoms with Crippen LogP contribution in [0.5, 0.6) is 11.5 Å². The Labute approximate surface area is 131 Å². The molecule has 0 aliphatic rings. The lowest BCUT2D eigenvalue weighted by molar-refractivity contribution is 0.276. The minimum absolute atomic E-state index is 0.150. The van der Waals surface area contributed by atoms with E-state index in [1.807, 2.05) is 12.1 Å². The fourth-order valence-corrected chi connectivity index (χ4v) is 2.39. The molecule has 23 heavy (non-hydrogen) atoms. The van der Waals surface area contributed by atoms with Gasteiger partial charge in [-0.05, 0) is 24.3 Å². The summed E-state index contributed by atoms with van der Waals surface area (Å²) in [7, 11) is 1.56. The largest absolute Gasteiger partial charge is 0.493 e. The van der Waals surface area contributed by atoms with Gasteiger partial charge in [0.05, 0.1) is 24.6 Å². The van der Waals surface area contributed by atoms with E-state index in [9.17, 15) is 9.59 Å². The molecule has 1 N–H and O–H groups in total. The first-order chi connectivity index (χ1) is 11.2. The highest BCUT2D eigenvalue weighted by atomic mass is 16.5. The first-order valence-electron chi connectivity index (χ1n) is 7.18. The van der Waals surface area contributed by atoms with Gasteiger partial charge in [0.1, 0.15) is 6.61 Å². The summed E-state index contributed by atoms with van der Waals surface area (Å²) in [6.45, 7) is 0.332. The molecule has 0 fully saturated rings. The molecule has 0 atom stereocenters. The SMILES string of the molecule is COc1ccccc1OCCn1c(=O)[nH]c2ccccc2c1=O. The molecule has 3 rings (SSSR count). The van der Waals surface area contributed by atoms with Gasteiger partial charge >= 0.3 is 5.69 Å². The quantitative estimate of drug-likeness (QED) is 0.779. The van der Waals surface area contributed by atoms with E-state index >= 15 is 0 Å². The number of fused-ring (bicyclic) bond motifs is 1. The Kier molecular flexibility index (Phi) is 4.14. The van der Waals surface area contributed by atoms with Gasteiger partial charge < -0.3 is 14.5 Å². The lowest BCUT2D eigenvalue weighted by atomic mass is 10.2. The van der Waals surface area contributed by atoms with Crippen molar-refractivity contribution in [2.45, 2.75) is 6.54 Å². The number of para-hydroxylation sites is 3. The van der Waals surface area contributed by atoms with E-state index in [4.69, 9.17) is 9.47 Å². The van der Waals surface area contributed by atoms with Crippen LogP contribution in [-0.4, -0.2) is 23.3 Å². The van der Waals surface area contributed by atoms with Gasteiger partial charge in [-0.2, -0.15) is 0 Å². The molecule has 0 bridgehead atoms. The zero-order valence-corrected chi connectivity index (χ0v) is 12.6. The number of rotatable bonds is 5. The minimum atomic E-state index is -0.447. The molecule has 1 aromatic heterocycles. The molecule has 0 radical (unpaired) electrons. The summed E-state index contributed by atoms with van der Waals surface area (Å²) < 4.78 is 11.9. The number of methoxy groups -OCH3 is 1. The third kappa shape index (κ3) is 2.96. The Morgan fingerprint density at radius 1 is 1.00 bits per heavy atom. The topological polar surface area (TPSA) is 73.3 Å². The number of H-pyrrole nitrogens is 1. The Balaban J connectivity index is 1.82. The number of nitrogens with one attached hydrogen (secondary N) is 1. The van der Waals surface area contributed by atoms with Gasteiger partial charge in [0, 0.05) is 0 Å². The van der Waals surface area contributed by atoms with Crippen LogP contribution < -0.4 is 20.7 Å². The molecule has 6 nitrogen and oxygen atoms in total. The van der Waals surface area contributed by atoms with Gasteiger partial charge in [0.2, 0.25) is 0 Å². The molecule has 0 spiro atoms. The molecule has 118 valence electrons. The van der Waals surface area contributed by atoms with Crippen molar-refractivity contribution >= 4 is 10.9 Å². The van der Waals surface area contributed by atoms with Crippen molar-refractivity contribution in [1.82, 2.24) is 9.55 Å². The summed E-state index contributed by atoms with van der Waals surface area (Å²) in [5.74, 6) is 1.17. The van der Waals surface area contributed by atoms with Crippen LogP contribution in [0, 0.1) is 0 Å². The molecule has 3 aromatic rings. The van der Waals surface area contributed by atoms with Crippen molar-refractivity contribution in [2.75, 3.05) is 13.7 Å². The molecular formula is C17H16N2O4. The highest BCUT2D eigenvalue weighted by Gasteiger charge is 2.08. The molecule has 2 aromatic carbocycles. The molecule has 0 unspecified atom stereocenters. The second-order valence-electron chi connectivity index (χ2n) is 4.93. The van der Waals surface area contributed by atoms with Gasteiger partial charge in [-0.25, -0.2) is 4.79 Å². The van der Waals surface area contributed by atoms with Gasteiger partial charge in [-0.3, -0.25) is 9.36 Å². The molecule has 0 amide bonds. The van der Waals surface area contributed by atoms with E-state index in [0.29, 0.717) is 22.4 Å². The van der Waals surface area contributed by atoms with Crippen molar-refractivity contribution in [1.29, 1.82) is 0 Å². The second-order valence-corrected chi connectivity index (χ2v) is 4.93. The van der Waals surface area contributed by atoms with Crippen LogP contribution >= 0.6 is 0 Å². The molecule has 1 heterocycles. The number of aromatic amines is 1. The van der Waals surface area contributed by atoms with Crippen LogP contribution in [0.15, 0.2) is 58.1 Å². The Bertz CT molecular complexity index is 943. The fraction of sp³-hybridized carbons (Fsp3) is 0.176. The average Bonchev–Trinajstić information content (AvgIpc) is 2.58. The smallest absolute Gasteiger partial charge is 0.328 e. The summed E-state index contributed by atoms with van der Waals surface area (Å²) in [5, 5.41) is 0.476. The lowest BCUT2D eigenvalue weighted by Gasteiger charge is -2.11. The van der Waals surface area contributed by atoms with Crippen LogP contribution in [0.3, 0.4) is 0 Å². The van der Waals surface area contributed by atoms with E-state index in [1.165, 1.54) is 0 Å². The van der Waals surface area contributed by atoms with E-state index in [2.05, 4.69) is 4.98 Å². The molecule has 6 heteroatoms. The highest BCUT2D eigenvalue weighted by Crippen LogP contribution is 2.25. The molecule has 0 saturated carbocycles. The first-order valence-corrected chi connectivity index (χ1v) is 7.18. The fourth-order valence-electron chi connectivity index (χ4n) is 2.39. The van der Waals surface area contributed by atoms with Crippen molar-refractivity contribution in [3.63, 3.8) is 0 Å². The summed E-state index contributed by atoms with van der Waals surface area (Å²) in [6.07, 6.45) is 0. The molecular weight excluding hydrogens is 296 g/mol. The highest BCUT2D eigenvalue weighted by molar-refractivity contribution is 5.76. The third-order valence-corrected chi connectivity index (χ3v) is 3.53. The molecule has 0 aliphatic carbocycles. The van der Waals surface area contributed by atoms with Gasteiger partial charge in [-0.1, -0.05) is 24.3 Å². The molecule has 0 aliphatic heterocycles. The number of ether oxygens (including phenoxy) is 2. The first kappa shape index (κ1) is 14.9. The van der Waals surface area contributed by atoms with Crippen molar-refractivity contribution < 1.29 is 9.47 Å². The normalized spacial score (nSPS) is 10.7. The average molecular weight is 312 g/mol. The second kappa shape index (κ2) is 6.39. The predicted octanol–water partition coefficient (Wildman–Crippen LogP) is 1.78. The maximum Gasteiger partial charge on any atom is 0.328 e. The summed E-state index contributed by atoms with van der Waals surface area (Å²) in [4.78, 5) is 27.1. The lowest BCUT2D eigenvalue weighted by Crippen LogP contribution is -2.36. The zero-order valence-electron chi connectivity index (χ0n) is 12.6. The number of hydrogen-bond donors (Lipinski definition) is 1. The van der Waals surface area contributed by atoms with Crippen molar-refractivity contribution in [2.24, 2.45) is 0 Å². The van der Waals surface area contributed by atoms with Crippen molar-refractivity contribution in [3.05, 3.63) is 69.4 Å². The van der Waals surface area contributed by atoms with Crippen molar-refractivity contribution in [3.8, 4) is 11.5 Å². The van der Waals surface area contributed by atoms with E-state index in [0.717, 1.165) is 4.57 Å². The number of hydrogen-bond acceptors (Lipinski definition) is 4. The van der Waals surface area contributed by atoms with Gasteiger partial charge in [0.15, 0.2) is 11.5 Å². The van der Waals surface area contributed by atoms with Crippen LogP contribution in [0.1, 0.15) is 0 Å². The zero-order chi connectivity index (χ0) is 16.2. The minimum Gasteiger partial charge on any atom is -0.493 e. The number of aromatic nitrogens is 2. The predicted molar refractivity (Wildman–Crippen MR) is 87.3 cm³/mol. The van der Waals surface area contributed by atoms with Crippen LogP contribution in [0.4, 0.5) is 0 Å². The van der Waals surface area contributed by atoms with Crippen LogP contribution in [0.25, 0.3) is 10.9 Å². The number of nitrogens with zero attached hydrogens (tertiary/aromatic N) is 1. The van der Waals surface area contributed by atoms with E-state index in [1.54, 1.807) is 43.5 Å². The molecule has 0 saturated heterocycles. The van der Waals surface area contributed by atoms with E-state index in [-0.39, 0.29) is 18.7 Å².